The summed E-state index contributed by atoms with van der Waals surface area (Å²) in [4.78, 5) is 20.9. The molecule has 0 radical (unpaired) electrons. The number of fused-ring (bicyclic) bond motifs is 1. The van der Waals surface area contributed by atoms with Crippen LogP contribution in [-0.2, 0) is 4.74 Å². The Morgan fingerprint density at radius 3 is 2.54 bits per heavy atom. The number of carbonyl (C=O) groups is 1. The van der Waals surface area contributed by atoms with Crippen LogP contribution in [0.1, 0.15) is 26.3 Å². The molecule has 1 fully saturated rings. The minimum atomic E-state index is -0.462. The van der Waals surface area contributed by atoms with Gasteiger partial charge in [0, 0.05) is 37.9 Å². The van der Waals surface area contributed by atoms with E-state index in [4.69, 9.17) is 9.72 Å². The van der Waals surface area contributed by atoms with Gasteiger partial charge in [-0.2, -0.15) is 5.10 Å². The molecule has 8 heteroatoms. The Bertz CT molecular complexity index is 760. The minimum absolute atomic E-state index is 0.243. The second-order valence-electron chi connectivity index (χ2n) is 6.96. The summed E-state index contributed by atoms with van der Waals surface area (Å²) in [5.74, 6) is 0.963. The summed E-state index contributed by atoms with van der Waals surface area (Å²) in [7, 11) is 0. The lowest BCUT2D eigenvalue weighted by Crippen LogP contribution is -2.50. The van der Waals surface area contributed by atoms with Crippen LogP contribution in [0.15, 0.2) is 12.4 Å². The predicted octanol–water partition coefficient (Wildman–Crippen LogP) is 2.70. The van der Waals surface area contributed by atoms with Crippen molar-refractivity contribution in [2.45, 2.75) is 33.3 Å². The number of ether oxygens (including phenoxy) is 1. The first-order valence-corrected chi connectivity index (χ1v) is 9.06. The van der Waals surface area contributed by atoms with Crippen LogP contribution < -0.4 is 4.90 Å². The smallest absolute Gasteiger partial charge is 0.410 e. The molecule has 0 bridgehead atoms. The van der Waals surface area contributed by atoms with Crippen molar-refractivity contribution in [3.05, 3.63) is 21.5 Å². The summed E-state index contributed by atoms with van der Waals surface area (Å²) in [5.41, 5.74) is 1.48. The zero-order chi connectivity index (χ0) is 17.5. The average molecular weight is 443 g/mol. The first-order chi connectivity index (χ1) is 11.2. The SMILES string of the molecule is Cc1cn2ncc(I)c2nc1N1CCN(C(=O)OC(C)(C)C)CC1. The third-order valence-corrected chi connectivity index (χ3v) is 4.60. The summed E-state index contributed by atoms with van der Waals surface area (Å²) in [6, 6.07) is 0. The number of hydrogen-bond acceptors (Lipinski definition) is 5. The lowest BCUT2D eigenvalue weighted by molar-refractivity contribution is 0.0240. The molecule has 1 aliphatic heterocycles. The molecule has 0 atom stereocenters. The number of rotatable bonds is 1. The molecule has 0 aromatic carbocycles. The maximum absolute atomic E-state index is 12.2. The van der Waals surface area contributed by atoms with Gasteiger partial charge in [-0.3, -0.25) is 0 Å². The quantitative estimate of drug-likeness (QED) is 0.635. The maximum atomic E-state index is 12.2. The Morgan fingerprint density at radius 2 is 1.92 bits per heavy atom. The summed E-state index contributed by atoms with van der Waals surface area (Å²) in [6.45, 7) is 10.5. The fourth-order valence-corrected chi connectivity index (χ4v) is 3.20. The Balaban J connectivity index is 1.72. The molecule has 1 amide bonds. The van der Waals surface area contributed by atoms with E-state index < -0.39 is 5.60 Å². The van der Waals surface area contributed by atoms with Crippen LogP contribution in [0.2, 0.25) is 0 Å². The standard InChI is InChI=1S/C16H22IN5O2/c1-11-10-22-14(12(17)9-18-22)19-13(11)20-5-7-21(8-6-20)15(23)24-16(2,3)4/h9-10H,5-8H2,1-4H3. The molecule has 1 aliphatic rings. The zero-order valence-corrected chi connectivity index (χ0v) is 16.6. The van der Waals surface area contributed by atoms with E-state index in [1.807, 2.05) is 40.1 Å². The van der Waals surface area contributed by atoms with Crippen molar-refractivity contribution < 1.29 is 9.53 Å². The van der Waals surface area contributed by atoms with E-state index >= 15 is 0 Å². The number of piperazine rings is 1. The van der Waals surface area contributed by atoms with Crippen molar-refractivity contribution in [3.63, 3.8) is 0 Å². The lowest BCUT2D eigenvalue weighted by Gasteiger charge is -2.36. The number of aryl methyl sites for hydroxylation is 1. The van der Waals surface area contributed by atoms with Crippen LogP contribution in [0, 0.1) is 10.5 Å². The van der Waals surface area contributed by atoms with E-state index in [0.29, 0.717) is 13.1 Å². The highest BCUT2D eigenvalue weighted by atomic mass is 127. The summed E-state index contributed by atoms with van der Waals surface area (Å²) >= 11 is 2.24. The van der Waals surface area contributed by atoms with Gasteiger partial charge in [-0.05, 0) is 50.3 Å². The summed E-state index contributed by atoms with van der Waals surface area (Å²) in [6.07, 6.45) is 3.57. The predicted molar refractivity (Wildman–Crippen MR) is 100 cm³/mol. The first kappa shape index (κ1) is 17.2. The largest absolute Gasteiger partial charge is 0.444 e. The molecule has 3 heterocycles. The van der Waals surface area contributed by atoms with Gasteiger partial charge < -0.3 is 14.5 Å². The van der Waals surface area contributed by atoms with Crippen molar-refractivity contribution in [2.75, 3.05) is 31.1 Å². The molecular formula is C16H22IN5O2. The highest BCUT2D eigenvalue weighted by Gasteiger charge is 2.27. The molecule has 2 aromatic rings. The topological polar surface area (TPSA) is 63.0 Å². The summed E-state index contributed by atoms with van der Waals surface area (Å²) in [5, 5.41) is 4.29. The lowest BCUT2D eigenvalue weighted by atomic mass is 10.2. The molecule has 24 heavy (non-hydrogen) atoms. The molecule has 1 saturated heterocycles. The first-order valence-electron chi connectivity index (χ1n) is 7.98. The number of anilines is 1. The fraction of sp³-hybridized carbons (Fsp3) is 0.562. The number of aromatic nitrogens is 3. The Labute approximate surface area is 155 Å². The van der Waals surface area contributed by atoms with Crippen LogP contribution in [0.3, 0.4) is 0 Å². The monoisotopic (exact) mass is 443 g/mol. The van der Waals surface area contributed by atoms with Crippen molar-refractivity contribution in [2.24, 2.45) is 0 Å². The highest BCUT2D eigenvalue weighted by Crippen LogP contribution is 2.22. The number of amides is 1. The third kappa shape index (κ3) is 3.57. The second-order valence-corrected chi connectivity index (χ2v) is 8.12. The van der Waals surface area contributed by atoms with Gasteiger partial charge in [0.2, 0.25) is 0 Å². The van der Waals surface area contributed by atoms with Gasteiger partial charge in [-0.25, -0.2) is 14.3 Å². The van der Waals surface area contributed by atoms with Crippen LogP contribution in [0.25, 0.3) is 5.65 Å². The summed E-state index contributed by atoms with van der Waals surface area (Å²) < 4.78 is 8.28. The maximum Gasteiger partial charge on any atom is 0.410 e. The number of carbonyl (C=O) groups excluding carboxylic acids is 1. The van der Waals surface area contributed by atoms with E-state index in [2.05, 4.69) is 32.6 Å². The van der Waals surface area contributed by atoms with Gasteiger partial charge in [-0.1, -0.05) is 0 Å². The van der Waals surface area contributed by atoms with Gasteiger partial charge in [0.25, 0.3) is 0 Å². The van der Waals surface area contributed by atoms with Crippen molar-refractivity contribution in [3.8, 4) is 0 Å². The van der Waals surface area contributed by atoms with Crippen LogP contribution in [0.4, 0.5) is 10.6 Å². The highest BCUT2D eigenvalue weighted by molar-refractivity contribution is 14.1. The van der Waals surface area contributed by atoms with E-state index in [1.54, 1.807) is 9.42 Å². The van der Waals surface area contributed by atoms with Crippen LogP contribution in [0.5, 0.6) is 0 Å². The number of hydrogen-bond donors (Lipinski definition) is 0. The number of halogens is 1. The molecule has 130 valence electrons. The van der Waals surface area contributed by atoms with Crippen molar-refractivity contribution >= 4 is 40.1 Å². The average Bonchev–Trinajstić information content (AvgIpc) is 2.85. The molecule has 2 aromatic heterocycles. The molecular weight excluding hydrogens is 421 g/mol. The van der Waals surface area contributed by atoms with Gasteiger partial charge >= 0.3 is 6.09 Å². The van der Waals surface area contributed by atoms with Crippen molar-refractivity contribution in [1.82, 2.24) is 19.5 Å². The Kier molecular flexibility index (Phi) is 4.58. The van der Waals surface area contributed by atoms with E-state index in [9.17, 15) is 4.79 Å². The van der Waals surface area contributed by atoms with E-state index in [0.717, 1.165) is 33.7 Å². The van der Waals surface area contributed by atoms with Crippen LogP contribution >= 0.6 is 22.6 Å². The molecule has 3 rings (SSSR count). The van der Waals surface area contributed by atoms with E-state index in [1.165, 1.54) is 0 Å². The van der Waals surface area contributed by atoms with Crippen LogP contribution in [-0.4, -0.2) is 57.4 Å². The van der Waals surface area contributed by atoms with Gasteiger partial charge in [-0.15, -0.1) is 0 Å². The molecule has 0 spiro atoms. The fourth-order valence-electron chi connectivity index (χ4n) is 2.71. The van der Waals surface area contributed by atoms with Gasteiger partial charge in [0.15, 0.2) is 5.65 Å². The third-order valence-electron chi connectivity index (χ3n) is 3.84. The molecule has 7 nitrogen and oxygen atoms in total. The molecule has 0 N–H and O–H groups in total. The Hall–Kier alpha value is -1.58. The zero-order valence-electron chi connectivity index (χ0n) is 14.4. The second kappa shape index (κ2) is 6.38. The molecule has 0 saturated carbocycles. The molecule has 0 unspecified atom stereocenters. The van der Waals surface area contributed by atoms with E-state index in [-0.39, 0.29) is 6.09 Å². The van der Waals surface area contributed by atoms with Gasteiger partial charge in [0.05, 0.1) is 9.77 Å². The molecule has 0 aliphatic carbocycles. The Morgan fingerprint density at radius 1 is 1.25 bits per heavy atom. The normalized spacial score (nSPS) is 15.9. The minimum Gasteiger partial charge on any atom is -0.444 e. The number of nitrogens with zero attached hydrogens (tertiary/aromatic N) is 5. The van der Waals surface area contributed by atoms with Crippen molar-refractivity contribution in [1.29, 1.82) is 0 Å². The van der Waals surface area contributed by atoms with Gasteiger partial charge in [0.1, 0.15) is 11.4 Å².